The van der Waals surface area contributed by atoms with Crippen LogP contribution in [0.2, 0.25) is 0 Å². The van der Waals surface area contributed by atoms with Gasteiger partial charge < -0.3 is 14.2 Å². The van der Waals surface area contributed by atoms with E-state index in [0.29, 0.717) is 19.3 Å². The lowest BCUT2D eigenvalue weighted by Crippen LogP contribution is -2.30. The van der Waals surface area contributed by atoms with E-state index in [1.165, 1.54) is 205 Å². The molecule has 1 atom stereocenters. The first-order valence-corrected chi connectivity index (χ1v) is 34.6. The van der Waals surface area contributed by atoms with Gasteiger partial charge in [0.25, 0.3) is 0 Å². The minimum absolute atomic E-state index is 0.0759. The number of ether oxygens (including phenoxy) is 3. The van der Waals surface area contributed by atoms with Gasteiger partial charge >= 0.3 is 17.9 Å². The molecule has 0 N–H and O–H groups in total. The molecule has 80 heavy (non-hydrogen) atoms. The van der Waals surface area contributed by atoms with Crippen LogP contribution in [0.3, 0.4) is 0 Å². The Morgan fingerprint density at radius 3 is 0.825 bits per heavy atom. The molecule has 1 unspecified atom stereocenters. The van der Waals surface area contributed by atoms with Crippen molar-refractivity contribution in [2.24, 2.45) is 0 Å². The van der Waals surface area contributed by atoms with Crippen LogP contribution in [0, 0.1) is 0 Å². The van der Waals surface area contributed by atoms with Gasteiger partial charge in [0.15, 0.2) is 6.10 Å². The van der Waals surface area contributed by atoms with Crippen molar-refractivity contribution in [2.75, 3.05) is 13.2 Å². The highest BCUT2D eigenvalue weighted by atomic mass is 16.6. The molecule has 0 aromatic carbocycles. The van der Waals surface area contributed by atoms with E-state index in [-0.39, 0.29) is 31.1 Å². The fourth-order valence-electron chi connectivity index (χ4n) is 9.94. The summed E-state index contributed by atoms with van der Waals surface area (Å²) in [6.07, 6.45) is 90.5. The summed E-state index contributed by atoms with van der Waals surface area (Å²) in [6.45, 7) is 6.49. The Hall–Kier alpha value is -3.41. The van der Waals surface area contributed by atoms with Gasteiger partial charge in [0, 0.05) is 19.3 Å². The molecule has 0 amide bonds. The third-order valence-electron chi connectivity index (χ3n) is 15.1. The van der Waals surface area contributed by atoms with E-state index < -0.39 is 6.10 Å². The van der Waals surface area contributed by atoms with E-state index in [1.54, 1.807) is 0 Å². The number of carbonyl (C=O) groups is 3. The topological polar surface area (TPSA) is 78.9 Å². The molecule has 6 nitrogen and oxygen atoms in total. The Kier molecular flexibility index (Phi) is 65.2. The first kappa shape index (κ1) is 76.6. The second-order valence-electron chi connectivity index (χ2n) is 23.1. The molecule has 0 bridgehead atoms. The summed E-state index contributed by atoms with van der Waals surface area (Å²) in [7, 11) is 0. The van der Waals surface area contributed by atoms with E-state index in [1.807, 2.05) is 0 Å². The molecule has 0 aromatic rings. The molecular weight excluding hydrogens is 985 g/mol. The van der Waals surface area contributed by atoms with Gasteiger partial charge in [-0.15, -0.1) is 0 Å². The smallest absolute Gasteiger partial charge is 0.306 e. The molecule has 0 radical (unpaired) electrons. The number of carbonyl (C=O) groups excluding carboxylic acids is 3. The maximum atomic E-state index is 12.9. The number of hydrogen-bond donors (Lipinski definition) is 0. The fraction of sp³-hybridized carbons (Fsp3) is 0.770. The standard InChI is InChI=1S/C74H130O6/c1-4-7-10-13-16-19-22-24-26-28-30-31-32-33-34-35-36-37-38-39-40-41-42-43-45-46-48-50-52-55-58-61-64-67-73(76)79-70-71(69-78-72(75)66-63-60-57-54-21-18-15-12-9-6-3)80-74(77)68-65-62-59-56-53-51-49-47-44-29-27-25-23-20-17-14-11-8-5-2/h7,10,12,15-16,19,24-27,30-31,33-34,71H,4-6,8-9,11,13-14,17-18,20-23,28-29,32,35-70H2,1-3H3/b10-7-,15-12-,19-16-,26-24-,27-25-,31-30-,34-33-. The van der Waals surface area contributed by atoms with Gasteiger partial charge in [0.05, 0.1) is 0 Å². The molecular formula is C74H130O6. The maximum absolute atomic E-state index is 12.9. The maximum Gasteiger partial charge on any atom is 0.306 e. The number of hydrogen-bond acceptors (Lipinski definition) is 6. The van der Waals surface area contributed by atoms with Crippen molar-refractivity contribution < 1.29 is 28.6 Å². The summed E-state index contributed by atoms with van der Waals surface area (Å²) >= 11 is 0. The second kappa shape index (κ2) is 68.1. The van der Waals surface area contributed by atoms with Gasteiger partial charge in [-0.05, 0) is 109 Å². The molecule has 0 heterocycles. The quantitative estimate of drug-likeness (QED) is 0.0261. The van der Waals surface area contributed by atoms with Crippen LogP contribution in [0.25, 0.3) is 0 Å². The van der Waals surface area contributed by atoms with Crippen LogP contribution >= 0.6 is 0 Å². The first-order chi connectivity index (χ1) is 39.5. The second-order valence-corrected chi connectivity index (χ2v) is 23.1. The SMILES string of the molecule is CC/C=C\C/C=C\C/C=C\C/C=C\C/C=C\CCCCCCCCCCCCCCCCCCCC(=O)OCC(COC(=O)CCCCCCC/C=C\CCC)OC(=O)CCCCCCCCCCC/C=C\CCCCCCCC. The van der Waals surface area contributed by atoms with Crippen LogP contribution in [0.5, 0.6) is 0 Å². The molecule has 0 aromatic heterocycles. The Labute approximate surface area is 496 Å². The van der Waals surface area contributed by atoms with Crippen molar-refractivity contribution in [3.05, 3.63) is 85.1 Å². The lowest BCUT2D eigenvalue weighted by Gasteiger charge is -2.18. The number of allylic oxidation sites excluding steroid dienone is 14. The average molecular weight is 1120 g/mol. The van der Waals surface area contributed by atoms with Gasteiger partial charge in [0.1, 0.15) is 13.2 Å². The Morgan fingerprint density at radius 1 is 0.263 bits per heavy atom. The first-order valence-electron chi connectivity index (χ1n) is 34.6. The Bertz CT molecular complexity index is 1520. The van der Waals surface area contributed by atoms with Crippen LogP contribution in [-0.2, 0) is 28.6 Å². The summed E-state index contributed by atoms with van der Waals surface area (Å²) in [4.78, 5) is 38.3. The van der Waals surface area contributed by atoms with Gasteiger partial charge in [-0.2, -0.15) is 0 Å². The van der Waals surface area contributed by atoms with Crippen molar-refractivity contribution in [2.45, 2.75) is 354 Å². The molecule has 0 spiro atoms. The fourth-order valence-corrected chi connectivity index (χ4v) is 9.94. The summed E-state index contributed by atoms with van der Waals surface area (Å²) in [5.74, 6) is -0.873. The highest BCUT2D eigenvalue weighted by Crippen LogP contribution is 2.17. The van der Waals surface area contributed by atoms with Gasteiger partial charge in [-0.25, -0.2) is 0 Å². The minimum Gasteiger partial charge on any atom is -0.462 e. The molecule has 462 valence electrons. The van der Waals surface area contributed by atoms with Gasteiger partial charge in [-0.3, -0.25) is 14.4 Å². The monoisotopic (exact) mass is 1110 g/mol. The average Bonchev–Trinajstić information content (AvgIpc) is 3.46. The third kappa shape index (κ3) is 65.4. The summed E-state index contributed by atoms with van der Waals surface area (Å²) in [6, 6.07) is 0. The largest absolute Gasteiger partial charge is 0.462 e. The van der Waals surface area contributed by atoms with E-state index in [0.717, 1.165) is 103 Å². The highest BCUT2D eigenvalue weighted by molar-refractivity contribution is 5.71. The third-order valence-corrected chi connectivity index (χ3v) is 15.1. The van der Waals surface area contributed by atoms with Crippen LogP contribution < -0.4 is 0 Å². The van der Waals surface area contributed by atoms with Crippen molar-refractivity contribution in [3.63, 3.8) is 0 Å². The van der Waals surface area contributed by atoms with Gasteiger partial charge in [-0.1, -0.05) is 305 Å². The zero-order valence-electron chi connectivity index (χ0n) is 53.1. The molecule has 0 saturated heterocycles. The van der Waals surface area contributed by atoms with Crippen molar-refractivity contribution >= 4 is 17.9 Å². The Balaban J connectivity index is 4.11. The molecule has 0 aliphatic carbocycles. The Morgan fingerprint density at radius 2 is 0.512 bits per heavy atom. The molecule has 0 rings (SSSR count). The zero-order valence-corrected chi connectivity index (χ0v) is 53.1. The van der Waals surface area contributed by atoms with E-state index >= 15 is 0 Å². The number of unbranched alkanes of at least 4 members (excludes halogenated alkanes) is 38. The molecule has 6 heteroatoms. The lowest BCUT2D eigenvalue weighted by molar-refractivity contribution is -0.167. The molecule has 0 aliphatic heterocycles. The highest BCUT2D eigenvalue weighted by Gasteiger charge is 2.19. The predicted octanol–water partition coefficient (Wildman–Crippen LogP) is 23.8. The van der Waals surface area contributed by atoms with Crippen LogP contribution in [0.4, 0.5) is 0 Å². The lowest BCUT2D eigenvalue weighted by atomic mass is 10.0. The van der Waals surface area contributed by atoms with Crippen LogP contribution in [0.1, 0.15) is 348 Å². The van der Waals surface area contributed by atoms with Crippen LogP contribution in [-0.4, -0.2) is 37.2 Å². The van der Waals surface area contributed by atoms with E-state index in [2.05, 4.69) is 106 Å². The summed E-state index contributed by atoms with van der Waals surface area (Å²) in [5, 5.41) is 0. The number of rotatable bonds is 63. The van der Waals surface area contributed by atoms with E-state index in [4.69, 9.17) is 14.2 Å². The van der Waals surface area contributed by atoms with E-state index in [9.17, 15) is 14.4 Å². The minimum atomic E-state index is -0.779. The van der Waals surface area contributed by atoms with Crippen molar-refractivity contribution in [3.8, 4) is 0 Å². The molecule has 0 saturated carbocycles. The van der Waals surface area contributed by atoms with Crippen molar-refractivity contribution in [1.82, 2.24) is 0 Å². The summed E-state index contributed by atoms with van der Waals surface area (Å²) in [5.41, 5.74) is 0. The predicted molar refractivity (Wildman–Crippen MR) is 348 cm³/mol. The summed E-state index contributed by atoms with van der Waals surface area (Å²) < 4.78 is 16.9. The number of esters is 3. The molecule has 0 aliphatic rings. The zero-order chi connectivity index (χ0) is 57.8. The van der Waals surface area contributed by atoms with Crippen molar-refractivity contribution in [1.29, 1.82) is 0 Å². The van der Waals surface area contributed by atoms with Gasteiger partial charge in [0.2, 0.25) is 0 Å². The van der Waals surface area contributed by atoms with Crippen LogP contribution in [0.15, 0.2) is 85.1 Å². The normalized spacial score (nSPS) is 12.6. The molecule has 0 fully saturated rings.